The van der Waals surface area contributed by atoms with Gasteiger partial charge >= 0.3 is 12.1 Å². The lowest BCUT2D eigenvalue weighted by Gasteiger charge is -2.14. The van der Waals surface area contributed by atoms with E-state index in [0.29, 0.717) is 0 Å². The molecule has 7 heteroatoms. The van der Waals surface area contributed by atoms with Crippen LogP contribution in [-0.4, -0.2) is 42.7 Å². The minimum absolute atomic E-state index is 0.115. The van der Waals surface area contributed by atoms with Crippen molar-refractivity contribution in [3.63, 3.8) is 0 Å². The molecule has 0 aliphatic carbocycles. The highest BCUT2D eigenvalue weighted by atomic mass is 19.4. The van der Waals surface area contributed by atoms with E-state index >= 15 is 0 Å². The van der Waals surface area contributed by atoms with Crippen LogP contribution < -0.4 is 0 Å². The average molecular weight is 200 g/mol. The van der Waals surface area contributed by atoms with Crippen LogP contribution in [0.2, 0.25) is 0 Å². The van der Waals surface area contributed by atoms with Crippen molar-refractivity contribution in [3.8, 4) is 0 Å². The number of carbonyl (C=O) groups excluding carboxylic acids is 1. The zero-order valence-corrected chi connectivity index (χ0v) is 6.37. The van der Waals surface area contributed by atoms with E-state index < -0.39 is 24.4 Å². The predicted octanol–water partition coefficient (Wildman–Crippen LogP) is -0.148. The van der Waals surface area contributed by atoms with E-state index in [9.17, 15) is 18.0 Å². The highest BCUT2D eigenvalue weighted by molar-refractivity contribution is 5.75. The quantitative estimate of drug-likeness (QED) is 0.598. The van der Waals surface area contributed by atoms with Crippen molar-refractivity contribution in [1.29, 1.82) is 0 Å². The lowest BCUT2D eigenvalue weighted by molar-refractivity contribution is -0.207. The summed E-state index contributed by atoms with van der Waals surface area (Å²) >= 11 is 0. The molecule has 2 unspecified atom stereocenters. The van der Waals surface area contributed by atoms with Crippen LogP contribution in [0.1, 0.15) is 0 Å². The molecule has 1 aliphatic heterocycles. The highest BCUT2D eigenvalue weighted by Crippen LogP contribution is 2.19. The fraction of sp³-hybridized carbons (Fsp3) is 0.833. The van der Waals surface area contributed by atoms with Gasteiger partial charge in [-0.15, -0.1) is 0 Å². The van der Waals surface area contributed by atoms with Gasteiger partial charge in [0.15, 0.2) is 6.10 Å². The van der Waals surface area contributed by atoms with Gasteiger partial charge in [0, 0.05) is 0 Å². The number of aliphatic hydroxyl groups excluding tert-OH is 1. The van der Waals surface area contributed by atoms with Crippen LogP contribution in [0.25, 0.3) is 0 Å². The van der Waals surface area contributed by atoms with Gasteiger partial charge < -0.3 is 14.6 Å². The molecule has 0 radical (unpaired) electrons. The van der Waals surface area contributed by atoms with E-state index in [2.05, 4.69) is 9.47 Å². The smallest absolute Gasteiger partial charge is 0.450 e. The number of carbonyl (C=O) groups is 1. The molecular weight excluding hydrogens is 193 g/mol. The van der Waals surface area contributed by atoms with Crippen molar-refractivity contribution < 1.29 is 32.5 Å². The second kappa shape index (κ2) is 3.51. The Morgan fingerprint density at radius 3 is 2.46 bits per heavy atom. The Bertz CT molecular complexity index is 203. The van der Waals surface area contributed by atoms with E-state index in [0.717, 1.165) is 0 Å². The average Bonchev–Trinajstić information content (AvgIpc) is 2.34. The van der Waals surface area contributed by atoms with Gasteiger partial charge in [-0.25, -0.2) is 4.79 Å². The van der Waals surface area contributed by atoms with Crippen molar-refractivity contribution in [2.24, 2.45) is 0 Å². The summed E-state index contributed by atoms with van der Waals surface area (Å²) in [4.78, 5) is 10.3. The molecule has 4 nitrogen and oxygen atoms in total. The number of ether oxygens (including phenoxy) is 2. The molecule has 1 N–H and O–H groups in total. The van der Waals surface area contributed by atoms with Gasteiger partial charge in [0.2, 0.25) is 0 Å². The lowest BCUT2D eigenvalue weighted by atomic mass is 10.3. The van der Waals surface area contributed by atoms with Crippen molar-refractivity contribution in [2.45, 2.75) is 18.4 Å². The first-order valence-electron chi connectivity index (χ1n) is 3.45. The Kier molecular flexibility index (Phi) is 2.77. The number of hydrogen-bond acceptors (Lipinski definition) is 4. The Morgan fingerprint density at radius 1 is 1.46 bits per heavy atom. The zero-order valence-electron chi connectivity index (χ0n) is 6.37. The van der Waals surface area contributed by atoms with Crippen LogP contribution in [0.5, 0.6) is 0 Å². The molecular formula is C6H7F3O4. The van der Waals surface area contributed by atoms with Crippen LogP contribution in [-0.2, 0) is 14.3 Å². The molecule has 13 heavy (non-hydrogen) atoms. The van der Waals surface area contributed by atoms with Crippen LogP contribution in [0.4, 0.5) is 13.2 Å². The van der Waals surface area contributed by atoms with Crippen molar-refractivity contribution in [2.75, 3.05) is 13.2 Å². The van der Waals surface area contributed by atoms with E-state index in [4.69, 9.17) is 5.11 Å². The zero-order chi connectivity index (χ0) is 10.1. The largest absolute Gasteiger partial charge is 0.490 e. The van der Waals surface area contributed by atoms with E-state index in [1.807, 2.05) is 0 Å². The van der Waals surface area contributed by atoms with Gasteiger partial charge in [-0.1, -0.05) is 0 Å². The number of hydrogen-bond donors (Lipinski definition) is 1. The predicted molar refractivity (Wildman–Crippen MR) is 32.8 cm³/mol. The van der Waals surface area contributed by atoms with E-state index in [1.165, 1.54) is 0 Å². The highest BCUT2D eigenvalue weighted by Gasteiger charge is 2.44. The Morgan fingerprint density at radius 2 is 2.08 bits per heavy atom. The summed E-state index contributed by atoms with van der Waals surface area (Å²) in [7, 11) is 0. The summed E-state index contributed by atoms with van der Waals surface area (Å²) in [6, 6.07) is 0. The number of alkyl halides is 3. The van der Waals surface area contributed by atoms with Crippen LogP contribution in [0.3, 0.4) is 0 Å². The maximum atomic E-state index is 11.6. The monoisotopic (exact) mass is 200 g/mol. The molecule has 0 saturated carbocycles. The number of rotatable bonds is 1. The maximum absolute atomic E-state index is 11.6. The Labute approximate surface area is 71.2 Å². The van der Waals surface area contributed by atoms with Gasteiger partial charge in [-0.2, -0.15) is 13.2 Å². The molecule has 1 rings (SSSR count). The number of aliphatic hydroxyl groups is 1. The van der Waals surface area contributed by atoms with Gasteiger partial charge in [-0.05, 0) is 0 Å². The van der Waals surface area contributed by atoms with Gasteiger partial charge in [0.1, 0.15) is 6.10 Å². The number of esters is 1. The summed E-state index contributed by atoms with van der Waals surface area (Å²) in [5.74, 6) is -2.30. The van der Waals surface area contributed by atoms with Gasteiger partial charge in [0.05, 0.1) is 13.2 Å². The SMILES string of the molecule is O=C(OC1COCC1O)C(F)(F)F. The van der Waals surface area contributed by atoms with Crippen LogP contribution >= 0.6 is 0 Å². The first-order chi connectivity index (χ1) is 5.91. The Balaban J connectivity index is 2.45. The van der Waals surface area contributed by atoms with Gasteiger partial charge in [0.25, 0.3) is 0 Å². The summed E-state index contributed by atoms with van der Waals surface area (Å²) in [5.41, 5.74) is 0. The molecule has 76 valence electrons. The molecule has 0 aromatic carbocycles. The molecule has 0 bridgehead atoms. The lowest BCUT2D eigenvalue weighted by Crippen LogP contribution is -2.35. The molecule has 2 atom stereocenters. The molecule has 1 aliphatic rings. The topological polar surface area (TPSA) is 55.8 Å². The summed E-state index contributed by atoms with van der Waals surface area (Å²) in [6.45, 7) is -0.321. The van der Waals surface area contributed by atoms with Crippen LogP contribution in [0, 0.1) is 0 Å². The molecule has 1 heterocycles. The summed E-state index contributed by atoms with van der Waals surface area (Å²) < 4.78 is 43.4. The maximum Gasteiger partial charge on any atom is 0.490 e. The Hall–Kier alpha value is -0.820. The molecule has 1 saturated heterocycles. The fourth-order valence-electron chi connectivity index (χ4n) is 0.840. The van der Waals surface area contributed by atoms with Crippen molar-refractivity contribution >= 4 is 5.97 Å². The van der Waals surface area contributed by atoms with Gasteiger partial charge in [-0.3, -0.25) is 0 Å². The molecule has 0 amide bonds. The van der Waals surface area contributed by atoms with Crippen molar-refractivity contribution in [3.05, 3.63) is 0 Å². The second-order valence-electron chi connectivity index (χ2n) is 2.55. The fourth-order valence-corrected chi connectivity index (χ4v) is 0.840. The second-order valence-corrected chi connectivity index (χ2v) is 2.55. The van der Waals surface area contributed by atoms with E-state index in [-0.39, 0.29) is 13.2 Å². The summed E-state index contributed by atoms with van der Waals surface area (Å²) in [5, 5.41) is 8.93. The summed E-state index contributed by atoms with van der Waals surface area (Å²) in [6.07, 6.45) is -7.41. The third-order valence-electron chi connectivity index (χ3n) is 1.49. The van der Waals surface area contributed by atoms with Crippen LogP contribution in [0.15, 0.2) is 0 Å². The van der Waals surface area contributed by atoms with E-state index in [1.54, 1.807) is 0 Å². The minimum atomic E-state index is -5.03. The third-order valence-corrected chi connectivity index (χ3v) is 1.49. The minimum Gasteiger partial charge on any atom is -0.450 e. The normalized spacial score (nSPS) is 28.9. The first-order valence-corrected chi connectivity index (χ1v) is 3.45. The molecule has 0 aromatic heterocycles. The third kappa shape index (κ3) is 2.56. The molecule has 1 fully saturated rings. The van der Waals surface area contributed by atoms with Crippen molar-refractivity contribution in [1.82, 2.24) is 0 Å². The molecule has 0 spiro atoms. The standard InChI is InChI=1S/C6H7F3O4/c7-6(8,9)5(11)13-4-2-12-1-3(4)10/h3-4,10H,1-2H2. The molecule has 0 aromatic rings. The first kappa shape index (κ1) is 10.3. The number of halogens is 3.